The smallest absolute Gasteiger partial charge is 0.191 e. The highest BCUT2D eigenvalue weighted by atomic mass is 79.9. The molecular weight excluding hydrogens is 204 g/mol. The quantitative estimate of drug-likeness (QED) is 0.768. The molecule has 1 aromatic heterocycles. The maximum atomic E-state index is 8.87. The van der Waals surface area contributed by atoms with Gasteiger partial charge in [0.1, 0.15) is 0 Å². The third-order valence-electron chi connectivity index (χ3n) is 0.828. The van der Waals surface area contributed by atoms with Crippen LogP contribution in [0.4, 0.5) is 0 Å². The van der Waals surface area contributed by atoms with Crippen LogP contribution in [0.2, 0.25) is 0 Å². The van der Waals surface area contributed by atoms with Crippen LogP contribution in [0.5, 0.6) is 10.1 Å². The Kier molecular flexibility index (Phi) is 1.97. The molecule has 0 amide bonds. The van der Waals surface area contributed by atoms with Gasteiger partial charge >= 0.3 is 0 Å². The summed E-state index contributed by atoms with van der Waals surface area (Å²) in [6.07, 6.45) is 0. The average molecular weight is 209 g/mol. The highest BCUT2D eigenvalue weighted by molar-refractivity contribution is 9.10. The lowest BCUT2D eigenvalue weighted by Gasteiger charge is -1.90. The second kappa shape index (κ2) is 2.58. The van der Waals surface area contributed by atoms with E-state index in [1.807, 2.05) is 0 Å². The van der Waals surface area contributed by atoms with Crippen molar-refractivity contribution in [3.63, 3.8) is 0 Å². The number of hydrogen-bond acceptors (Lipinski definition) is 3. The molecule has 1 aromatic rings. The largest absolute Gasteiger partial charge is 0.499 e. The summed E-state index contributed by atoms with van der Waals surface area (Å²) in [6.45, 7) is 0. The summed E-state index contributed by atoms with van der Waals surface area (Å²) in [5.74, 6) is 0. The molecule has 0 fully saturated rings. The Morgan fingerprint density at radius 1 is 1.78 bits per heavy atom. The predicted molar refractivity (Wildman–Crippen MR) is 40.2 cm³/mol. The summed E-state index contributed by atoms with van der Waals surface area (Å²) >= 11 is 4.40. The van der Waals surface area contributed by atoms with Crippen LogP contribution in [0, 0.1) is 0 Å². The Hall–Kier alpha value is -0.220. The highest BCUT2D eigenvalue weighted by Crippen LogP contribution is 2.38. The summed E-state index contributed by atoms with van der Waals surface area (Å²) in [4.78, 5) is 0. The highest BCUT2D eigenvalue weighted by Gasteiger charge is 2.03. The average Bonchev–Trinajstić information content (AvgIpc) is 2.10. The van der Waals surface area contributed by atoms with E-state index in [1.165, 1.54) is 11.3 Å². The Morgan fingerprint density at radius 3 is 2.67 bits per heavy atom. The predicted octanol–water partition coefficient (Wildman–Crippen LogP) is 2.22. The SMILES string of the molecule is COc1sc(O)cc1Br. The second-order valence-electron chi connectivity index (χ2n) is 1.42. The molecule has 50 valence electrons. The Balaban J connectivity index is 3.01. The number of thiophene rings is 1. The van der Waals surface area contributed by atoms with Gasteiger partial charge < -0.3 is 9.84 Å². The maximum absolute atomic E-state index is 8.87. The van der Waals surface area contributed by atoms with E-state index in [4.69, 9.17) is 9.84 Å². The number of hydrogen-bond donors (Lipinski definition) is 1. The summed E-state index contributed by atoms with van der Waals surface area (Å²) in [7, 11) is 1.57. The minimum Gasteiger partial charge on any atom is -0.499 e. The van der Waals surface area contributed by atoms with Crippen LogP contribution in [0.1, 0.15) is 0 Å². The molecule has 9 heavy (non-hydrogen) atoms. The molecule has 0 bridgehead atoms. The Bertz CT molecular complexity index is 209. The van der Waals surface area contributed by atoms with Gasteiger partial charge in [-0.1, -0.05) is 11.3 Å². The van der Waals surface area contributed by atoms with Gasteiger partial charge in [0.2, 0.25) is 0 Å². The van der Waals surface area contributed by atoms with Gasteiger partial charge in [0, 0.05) is 6.07 Å². The fourth-order valence-corrected chi connectivity index (χ4v) is 1.86. The molecule has 4 heteroatoms. The number of halogens is 1. The molecule has 0 aliphatic rings. The van der Waals surface area contributed by atoms with Crippen LogP contribution >= 0.6 is 27.3 Å². The number of rotatable bonds is 1. The molecule has 0 unspecified atom stereocenters. The zero-order chi connectivity index (χ0) is 6.85. The van der Waals surface area contributed by atoms with Crippen LogP contribution in [-0.2, 0) is 0 Å². The first kappa shape index (κ1) is 6.89. The van der Waals surface area contributed by atoms with Crippen molar-refractivity contribution in [2.45, 2.75) is 0 Å². The van der Waals surface area contributed by atoms with Crippen molar-refractivity contribution in [1.29, 1.82) is 0 Å². The van der Waals surface area contributed by atoms with Crippen LogP contribution in [0.3, 0.4) is 0 Å². The molecule has 0 saturated carbocycles. The molecule has 0 aromatic carbocycles. The number of methoxy groups -OCH3 is 1. The first-order chi connectivity index (χ1) is 4.24. The zero-order valence-electron chi connectivity index (χ0n) is 4.72. The van der Waals surface area contributed by atoms with Crippen LogP contribution < -0.4 is 4.74 Å². The Labute approximate surface area is 65.2 Å². The standard InChI is InChI=1S/C5H5BrO2S/c1-8-5-3(6)2-4(7)9-5/h2,7H,1H3. The van der Waals surface area contributed by atoms with Gasteiger partial charge in [-0.15, -0.1) is 0 Å². The van der Waals surface area contributed by atoms with Crippen molar-refractivity contribution in [3.8, 4) is 10.1 Å². The Morgan fingerprint density at radius 2 is 2.44 bits per heavy atom. The molecule has 0 aliphatic carbocycles. The van der Waals surface area contributed by atoms with Crippen molar-refractivity contribution in [1.82, 2.24) is 0 Å². The van der Waals surface area contributed by atoms with Crippen molar-refractivity contribution >= 4 is 27.3 Å². The second-order valence-corrected chi connectivity index (χ2v) is 3.27. The van der Waals surface area contributed by atoms with E-state index in [1.54, 1.807) is 13.2 Å². The summed E-state index contributed by atoms with van der Waals surface area (Å²) in [6, 6.07) is 1.60. The van der Waals surface area contributed by atoms with E-state index in [2.05, 4.69) is 15.9 Å². The van der Waals surface area contributed by atoms with Gasteiger partial charge in [-0.2, -0.15) is 0 Å². The van der Waals surface area contributed by atoms with Gasteiger partial charge in [0.05, 0.1) is 11.6 Å². The first-order valence-corrected chi connectivity index (χ1v) is 3.87. The fourth-order valence-electron chi connectivity index (χ4n) is 0.480. The van der Waals surface area contributed by atoms with Crippen molar-refractivity contribution < 1.29 is 9.84 Å². The molecule has 0 saturated heterocycles. The summed E-state index contributed by atoms with van der Waals surface area (Å²) in [5.41, 5.74) is 0. The summed E-state index contributed by atoms with van der Waals surface area (Å²) < 4.78 is 5.68. The molecule has 0 spiro atoms. The third-order valence-corrected chi connectivity index (χ3v) is 2.58. The molecule has 2 nitrogen and oxygen atoms in total. The van der Waals surface area contributed by atoms with E-state index in [9.17, 15) is 0 Å². The van der Waals surface area contributed by atoms with E-state index in [0.29, 0.717) is 5.06 Å². The molecule has 0 radical (unpaired) electrons. The van der Waals surface area contributed by atoms with Gasteiger partial charge in [-0.05, 0) is 15.9 Å². The van der Waals surface area contributed by atoms with Gasteiger partial charge in [-0.25, -0.2) is 0 Å². The monoisotopic (exact) mass is 208 g/mol. The first-order valence-electron chi connectivity index (χ1n) is 2.26. The topological polar surface area (TPSA) is 29.5 Å². The van der Waals surface area contributed by atoms with Crippen molar-refractivity contribution in [3.05, 3.63) is 10.5 Å². The van der Waals surface area contributed by atoms with E-state index in [0.717, 1.165) is 4.47 Å². The van der Waals surface area contributed by atoms with E-state index >= 15 is 0 Å². The summed E-state index contributed by atoms with van der Waals surface area (Å²) in [5, 5.41) is 9.84. The molecule has 0 atom stereocenters. The minimum atomic E-state index is 0.263. The molecule has 1 heterocycles. The molecular formula is C5H5BrO2S. The van der Waals surface area contributed by atoms with Gasteiger partial charge in [-0.3, -0.25) is 0 Å². The van der Waals surface area contributed by atoms with Crippen LogP contribution in [0.15, 0.2) is 10.5 Å². The van der Waals surface area contributed by atoms with Crippen LogP contribution in [-0.4, -0.2) is 12.2 Å². The van der Waals surface area contributed by atoms with Gasteiger partial charge in [0.25, 0.3) is 0 Å². The van der Waals surface area contributed by atoms with Crippen molar-refractivity contribution in [2.24, 2.45) is 0 Å². The normalized spacial score (nSPS) is 9.56. The van der Waals surface area contributed by atoms with Crippen LogP contribution in [0.25, 0.3) is 0 Å². The third kappa shape index (κ3) is 1.37. The molecule has 0 aliphatic heterocycles. The maximum Gasteiger partial charge on any atom is 0.191 e. The number of aromatic hydroxyl groups is 1. The lowest BCUT2D eigenvalue weighted by molar-refractivity contribution is 0.424. The molecule has 1 N–H and O–H groups in total. The fraction of sp³-hybridized carbons (Fsp3) is 0.200. The van der Waals surface area contributed by atoms with E-state index in [-0.39, 0.29) is 5.06 Å². The van der Waals surface area contributed by atoms with Gasteiger partial charge in [0.15, 0.2) is 10.1 Å². The number of ether oxygens (including phenoxy) is 1. The zero-order valence-corrected chi connectivity index (χ0v) is 7.12. The molecule has 1 rings (SSSR count). The minimum absolute atomic E-state index is 0.263. The lowest BCUT2D eigenvalue weighted by Crippen LogP contribution is -1.75. The lowest BCUT2D eigenvalue weighted by atomic mass is 10.6. The van der Waals surface area contributed by atoms with Crippen molar-refractivity contribution in [2.75, 3.05) is 7.11 Å². The van der Waals surface area contributed by atoms with E-state index < -0.39 is 0 Å².